The molecule has 40 heavy (non-hydrogen) atoms. The number of pyridine rings is 2. The third-order valence-corrected chi connectivity index (χ3v) is 8.26. The minimum atomic E-state index is -0.339. The maximum Gasteiger partial charge on any atom is 0.155 e. The number of nitrogens with zero attached hydrogens (tertiary/aromatic N) is 3. The molecule has 4 heterocycles. The van der Waals surface area contributed by atoms with Crippen molar-refractivity contribution in [3.8, 4) is 22.8 Å². The van der Waals surface area contributed by atoms with Crippen LogP contribution in [0, 0.1) is 5.92 Å². The largest absolute Gasteiger partial charge is 0.495 e. The van der Waals surface area contributed by atoms with Crippen molar-refractivity contribution in [3.63, 3.8) is 0 Å². The second-order valence-corrected chi connectivity index (χ2v) is 10.8. The van der Waals surface area contributed by atoms with Gasteiger partial charge in [-0.05, 0) is 31.1 Å². The van der Waals surface area contributed by atoms with Gasteiger partial charge < -0.3 is 29.5 Å². The highest BCUT2D eigenvalue weighted by Gasteiger charge is 2.30. The molecule has 212 valence electrons. The predicted octanol–water partition coefficient (Wildman–Crippen LogP) is 5.15. The number of aliphatic hydroxyl groups is 1. The molecule has 2 aliphatic rings. The lowest BCUT2D eigenvalue weighted by Crippen LogP contribution is -2.36. The van der Waals surface area contributed by atoms with Crippen molar-refractivity contribution in [1.82, 2.24) is 9.97 Å². The Hall–Kier alpha value is -3.11. The molecule has 3 aromatic rings. The van der Waals surface area contributed by atoms with Crippen LogP contribution in [0.1, 0.15) is 19.3 Å². The Kier molecular flexibility index (Phi) is 8.65. The Morgan fingerprint density at radius 3 is 2.52 bits per heavy atom. The first-order valence-electron chi connectivity index (χ1n) is 13.2. The predicted molar refractivity (Wildman–Crippen MR) is 157 cm³/mol. The van der Waals surface area contributed by atoms with E-state index >= 15 is 0 Å². The van der Waals surface area contributed by atoms with E-state index in [-0.39, 0.29) is 23.8 Å². The second kappa shape index (κ2) is 12.2. The first-order chi connectivity index (χ1) is 19.3. The number of ether oxygens (including phenoxy) is 3. The summed E-state index contributed by atoms with van der Waals surface area (Å²) < 4.78 is 16.6. The number of halogens is 2. The van der Waals surface area contributed by atoms with Crippen LogP contribution in [0.2, 0.25) is 10.0 Å². The first-order valence-corrected chi connectivity index (χ1v) is 13.9. The summed E-state index contributed by atoms with van der Waals surface area (Å²) >= 11 is 13.5. The van der Waals surface area contributed by atoms with E-state index < -0.39 is 0 Å². The molecule has 1 aromatic carbocycles. The summed E-state index contributed by atoms with van der Waals surface area (Å²) in [6.07, 6.45) is 4.43. The second-order valence-electron chi connectivity index (χ2n) is 10.0. The number of allylic oxidation sites excluding steroid dienone is 1. The summed E-state index contributed by atoms with van der Waals surface area (Å²) in [5, 5.41) is 16.0. The molecule has 2 aliphatic heterocycles. The molecule has 5 rings (SSSR count). The number of carbonyl (C=O) groups is 1. The molecule has 2 atom stereocenters. The number of anilines is 2. The van der Waals surface area contributed by atoms with Crippen LogP contribution in [-0.2, 0) is 9.53 Å². The maximum absolute atomic E-state index is 12.0. The van der Waals surface area contributed by atoms with Crippen LogP contribution in [0.3, 0.4) is 0 Å². The zero-order chi connectivity index (χ0) is 28.4. The zero-order valence-corrected chi connectivity index (χ0v) is 24.0. The van der Waals surface area contributed by atoms with Crippen molar-refractivity contribution in [2.45, 2.75) is 31.4 Å². The Morgan fingerprint density at radius 1 is 1.18 bits per heavy atom. The number of benzene rings is 1. The van der Waals surface area contributed by atoms with Gasteiger partial charge in [0.1, 0.15) is 23.1 Å². The highest BCUT2D eigenvalue weighted by atomic mass is 35.5. The fourth-order valence-electron chi connectivity index (χ4n) is 5.26. The van der Waals surface area contributed by atoms with Crippen molar-refractivity contribution >= 4 is 51.4 Å². The minimum Gasteiger partial charge on any atom is -0.495 e. The van der Waals surface area contributed by atoms with Crippen molar-refractivity contribution in [2.24, 2.45) is 5.92 Å². The molecule has 2 aromatic heterocycles. The third kappa shape index (κ3) is 5.69. The number of methoxy groups -OCH3 is 2. The minimum absolute atomic E-state index is 0.00781. The number of hydrogen-bond acceptors (Lipinski definition) is 9. The Bertz CT molecular complexity index is 1400. The lowest BCUT2D eigenvalue weighted by molar-refractivity contribution is -0.115. The van der Waals surface area contributed by atoms with E-state index in [1.165, 1.54) is 20.3 Å². The fourth-order valence-corrected chi connectivity index (χ4v) is 5.95. The van der Waals surface area contributed by atoms with E-state index in [0.29, 0.717) is 84.2 Å². The number of fused-ring (bicyclic) bond motifs is 1. The monoisotopic (exact) mass is 586 g/mol. The van der Waals surface area contributed by atoms with Gasteiger partial charge in [0.2, 0.25) is 0 Å². The Labute approximate surface area is 243 Å². The van der Waals surface area contributed by atoms with E-state index in [2.05, 4.69) is 21.8 Å². The lowest BCUT2D eigenvalue weighted by Gasteiger charge is -2.32. The molecule has 0 spiro atoms. The first kappa shape index (κ1) is 28.4. The summed E-state index contributed by atoms with van der Waals surface area (Å²) in [7, 11) is 3.06. The fraction of sp³-hybridized carbons (Fsp3) is 0.414. The Balaban J connectivity index is 1.59. The van der Waals surface area contributed by atoms with Crippen LogP contribution in [-0.4, -0.2) is 73.5 Å². The van der Waals surface area contributed by atoms with Crippen LogP contribution in [0.5, 0.6) is 11.5 Å². The van der Waals surface area contributed by atoms with Crippen LogP contribution in [0.25, 0.3) is 22.0 Å². The van der Waals surface area contributed by atoms with Gasteiger partial charge in [0, 0.05) is 54.0 Å². The molecule has 0 bridgehead atoms. The number of carbonyl (C=O) groups excluding carboxylic acids is 1. The zero-order valence-electron chi connectivity index (χ0n) is 22.5. The molecule has 2 fully saturated rings. The molecule has 0 saturated carbocycles. The summed E-state index contributed by atoms with van der Waals surface area (Å²) in [4.78, 5) is 23.9. The van der Waals surface area contributed by atoms with Gasteiger partial charge in [-0.2, -0.15) is 0 Å². The number of ketones is 1. The highest BCUT2D eigenvalue weighted by molar-refractivity contribution is 6.41. The number of aliphatic hydroxyl groups excluding tert-OH is 1. The molecule has 2 saturated heterocycles. The van der Waals surface area contributed by atoms with Gasteiger partial charge in [-0.15, -0.1) is 0 Å². The number of aromatic nitrogens is 2. The average Bonchev–Trinajstić information content (AvgIpc) is 3.39. The highest BCUT2D eigenvalue weighted by Crippen LogP contribution is 2.46. The lowest BCUT2D eigenvalue weighted by atomic mass is 9.97. The smallest absolute Gasteiger partial charge is 0.155 e. The van der Waals surface area contributed by atoms with Crippen LogP contribution < -0.4 is 19.7 Å². The van der Waals surface area contributed by atoms with Gasteiger partial charge in [0.25, 0.3) is 0 Å². The number of hydrogen-bond donors (Lipinski definition) is 2. The maximum atomic E-state index is 12.0. The topological polar surface area (TPSA) is 106 Å². The molecule has 11 heteroatoms. The average molecular weight is 588 g/mol. The standard InChI is InChI=1S/C29H32Cl2N4O5/c1-4-18(36)9-17-14-40-15-22(17)33-25-11-20-16(13-32-25)10-21(34-29(20)35-7-5-19(37)6-8-35)26-27(30)23(38-2)12-24(39-3)28(26)31/h4,10-13,17,19,22,37H,1,5-9,14-15H2,2-3H3,(H,32,33)/t17-,22+/m0/s1. The summed E-state index contributed by atoms with van der Waals surface area (Å²) in [5.41, 5.74) is 1.05. The number of rotatable bonds is 9. The number of piperidine rings is 1. The molecule has 0 aliphatic carbocycles. The van der Waals surface area contributed by atoms with E-state index in [4.69, 9.17) is 42.4 Å². The molecular weight excluding hydrogens is 555 g/mol. The molecule has 2 N–H and O–H groups in total. The van der Waals surface area contributed by atoms with Gasteiger partial charge in [0.05, 0.1) is 55.3 Å². The molecular formula is C29H32Cl2N4O5. The molecule has 0 unspecified atom stereocenters. The summed E-state index contributed by atoms with van der Waals surface area (Å²) in [6, 6.07) is 5.44. The van der Waals surface area contributed by atoms with Gasteiger partial charge >= 0.3 is 0 Å². The quantitative estimate of drug-likeness (QED) is 0.329. The van der Waals surface area contributed by atoms with Crippen molar-refractivity contribution in [3.05, 3.63) is 47.1 Å². The summed E-state index contributed by atoms with van der Waals surface area (Å²) in [6.45, 7) is 5.85. The van der Waals surface area contributed by atoms with Crippen LogP contribution in [0.15, 0.2) is 37.1 Å². The van der Waals surface area contributed by atoms with E-state index in [1.54, 1.807) is 12.3 Å². The van der Waals surface area contributed by atoms with Gasteiger partial charge in [-0.3, -0.25) is 4.79 Å². The normalized spacial score (nSPS) is 19.6. The van der Waals surface area contributed by atoms with Gasteiger partial charge in [-0.25, -0.2) is 9.97 Å². The summed E-state index contributed by atoms with van der Waals surface area (Å²) in [5.74, 6) is 2.25. The van der Waals surface area contributed by atoms with Crippen molar-refractivity contribution in [2.75, 3.05) is 50.7 Å². The molecule has 0 radical (unpaired) electrons. The Morgan fingerprint density at radius 2 is 1.88 bits per heavy atom. The molecule has 0 amide bonds. The molecule has 9 nitrogen and oxygen atoms in total. The van der Waals surface area contributed by atoms with Gasteiger partial charge in [0.15, 0.2) is 5.78 Å². The van der Waals surface area contributed by atoms with Crippen LogP contribution >= 0.6 is 23.2 Å². The number of nitrogens with one attached hydrogen (secondary N) is 1. The SMILES string of the molecule is C=CC(=O)C[C@H]1COC[C@H]1Nc1cc2c(N3CCC(O)CC3)nc(-c3c(Cl)c(OC)cc(OC)c3Cl)cc2cn1. The van der Waals surface area contributed by atoms with Crippen molar-refractivity contribution in [1.29, 1.82) is 0 Å². The van der Waals surface area contributed by atoms with Gasteiger partial charge in [-0.1, -0.05) is 29.8 Å². The van der Waals surface area contributed by atoms with Crippen LogP contribution in [0.4, 0.5) is 11.6 Å². The third-order valence-electron chi connectivity index (χ3n) is 7.51. The van der Waals surface area contributed by atoms with E-state index in [1.807, 2.05) is 12.1 Å². The van der Waals surface area contributed by atoms with E-state index in [9.17, 15) is 9.90 Å². The van der Waals surface area contributed by atoms with E-state index in [0.717, 1.165) is 16.6 Å². The van der Waals surface area contributed by atoms with Crippen molar-refractivity contribution < 1.29 is 24.1 Å².